The van der Waals surface area contributed by atoms with Gasteiger partial charge in [0, 0.05) is 36.0 Å². The topological polar surface area (TPSA) is 109 Å². The average molecular weight is 413 g/mol. The molecule has 1 aliphatic heterocycles. The van der Waals surface area contributed by atoms with E-state index >= 15 is 0 Å². The zero-order valence-corrected chi connectivity index (χ0v) is 17.2. The number of aliphatic hydroxyl groups is 2. The fourth-order valence-electron chi connectivity index (χ4n) is 4.49. The Morgan fingerprint density at radius 2 is 1.97 bits per heavy atom. The third kappa shape index (κ3) is 3.52. The Bertz CT molecular complexity index is 1030. The molecule has 1 aromatic carbocycles. The van der Waals surface area contributed by atoms with E-state index in [9.17, 15) is 24.9 Å². The number of aliphatic hydroxyl groups excluding tert-OH is 2. The van der Waals surface area contributed by atoms with Gasteiger partial charge in [-0.25, -0.2) is 4.79 Å². The van der Waals surface area contributed by atoms with Crippen LogP contribution in [-0.2, 0) is 13.0 Å². The number of aromatic nitrogens is 1. The van der Waals surface area contributed by atoms with Gasteiger partial charge in [0.1, 0.15) is 11.3 Å². The van der Waals surface area contributed by atoms with Gasteiger partial charge in [-0.15, -0.1) is 0 Å². The van der Waals surface area contributed by atoms with Crippen molar-refractivity contribution in [1.82, 2.24) is 4.57 Å². The molecule has 0 bridgehead atoms. The van der Waals surface area contributed by atoms with Gasteiger partial charge in [-0.1, -0.05) is 13.8 Å². The third-order valence-corrected chi connectivity index (χ3v) is 6.34. The highest BCUT2D eigenvalue weighted by Crippen LogP contribution is 2.41. The second kappa shape index (κ2) is 7.89. The van der Waals surface area contributed by atoms with E-state index in [0.717, 1.165) is 24.0 Å². The highest BCUT2D eigenvalue weighted by Gasteiger charge is 2.32. The summed E-state index contributed by atoms with van der Waals surface area (Å²) in [6, 6.07) is 5.18. The molecule has 0 saturated heterocycles. The minimum atomic E-state index is -1.23. The molecule has 7 heteroatoms. The molecule has 1 aromatic heterocycles. The summed E-state index contributed by atoms with van der Waals surface area (Å²) >= 11 is 0. The van der Waals surface area contributed by atoms with Crippen molar-refractivity contribution in [2.24, 2.45) is 11.8 Å². The maximum atomic E-state index is 12.4. The van der Waals surface area contributed by atoms with Gasteiger partial charge in [0.05, 0.1) is 18.4 Å². The van der Waals surface area contributed by atoms with Crippen LogP contribution in [0.15, 0.2) is 29.2 Å². The van der Waals surface area contributed by atoms with E-state index in [2.05, 4.69) is 13.8 Å². The Balaban J connectivity index is 1.79. The average Bonchev–Trinajstić information content (AvgIpc) is 2.68. The van der Waals surface area contributed by atoms with Crippen molar-refractivity contribution in [2.75, 3.05) is 6.61 Å². The van der Waals surface area contributed by atoms with Crippen LogP contribution in [0, 0.1) is 11.8 Å². The fraction of sp³-hybridized carbons (Fsp3) is 0.478. The van der Waals surface area contributed by atoms with Crippen molar-refractivity contribution in [1.29, 1.82) is 0 Å². The van der Waals surface area contributed by atoms with Crippen LogP contribution in [0.5, 0.6) is 5.75 Å². The van der Waals surface area contributed by atoms with Crippen LogP contribution in [0.25, 0.3) is 11.3 Å². The lowest BCUT2D eigenvalue weighted by Gasteiger charge is -2.36. The Labute approximate surface area is 174 Å². The molecule has 4 rings (SSSR count). The molecule has 0 unspecified atom stereocenters. The van der Waals surface area contributed by atoms with Gasteiger partial charge >= 0.3 is 5.97 Å². The summed E-state index contributed by atoms with van der Waals surface area (Å²) in [5, 5.41) is 28.5. The second-order valence-corrected chi connectivity index (χ2v) is 8.70. The molecule has 0 radical (unpaired) electrons. The number of aromatic carboxylic acids is 1. The zero-order chi connectivity index (χ0) is 21.6. The Morgan fingerprint density at radius 1 is 1.23 bits per heavy atom. The molecule has 1 atom stereocenters. The number of nitrogens with zero attached hydrogens (tertiary/aromatic N) is 1. The molecule has 3 N–H and O–H groups in total. The van der Waals surface area contributed by atoms with E-state index < -0.39 is 11.4 Å². The van der Waals surface area contributed by atoms with Crippen molar-refractivity contribution in [3.63, 3.8) is 0 Å². The standard InChI is InChI=1S/C23H27NO6/c1-12(2)19-6-14-7-22(30-16-3-13(4-16)10-25)15(11-26)5-17(14)20-8-21(27)18(23(28)29)9-24(19)20/h5,7-9,12-13,16,19,25-26H,3-4,6,10-11H2,1-2H3,(H,28,29)/t13?,16?,19-/m0/s1. The molecule has 7 nitrogen and oxygen atoms in total. The van der Waals surface area contributed by atoms with E-state index in [1.807, 2.05) is 16.7 Å². The van der Waals surface area contributed by atoms with Gasteiger partial charge in [-0.2, -0.15) is 0 Å². The highest BCUT2D eigenvalue weighted by molar-refractivity contribution is 5.87. The van der Waals surface area contributed by atoms with Gasteiger partial charge in [-0.3, -0.25) is 4.79 Å². The molecule has 30 heavy (non-hydrogen) atoms. The lowest BCUT2D eigenvalue weighted by atomic mass is 9.83. The SMILES string of the molecule is CC(C)[C@@H]1Cc2cc(OC3CC(CO)C3)c(CO)cc2-c2cc(=O)c(C(=O)O)cn21. The van der Waals surface area contributed by atoms with Gasteiger partial charge in [0.25, 0.3) is 0 Å². The van der Waals surface area contributed by atoms with Crippen LogP contribution in [0.1, 0.15) is 54.2 Å². The highest BCUT2D eigenvalue weighted by atomic mass is 16.5. The van der Waals surface area contributed by atoms with Crippen LogP contribution >= 0.6 is 0 Å². The number of pyridine rings is 1. The third-order valence-electron chi connectivity index (χ3n) is 6.34. The Kier molecular flexibility index (Phi) is 5.42. The van der Waals surface area contributed by atoms with Crippen LogP contribution in [0.3, 0.4) is 0 Å². The van der Waals surface area contributed by atoms with Gasteiger partial charge in [-0.05, 0) is 48.8 Å². The molecular weight excluding hydrogens is 386 g/mol. The maximum absolute atomic E-state index is 12.4. The van der Waals surface area contributed by atoms with Crippen molar-refractivity contribution in [2.45, 2.75) is 51.9 Å². The number of hydrogen-bond donors (Lipinski definition) is 3. The number of rotatable bonds is 6. The maximum Gasteiger partial charge on any atom is 0.341 e. The first-order valence-electron chi connectivity index (χ1n) is 10.4. The predicted octanol–water partition coefficient (Wildman–Crippen LogP) is 2.61. The lowest BCUT2D eigenvalue weighted by Crippen LogP contribution is -2.36. The summed E-state index contributed by atoms with van der Waals surface area (Å²) in [6.07, 6.45) is 3.74. The first-order valence-corrected chi connectivity index (χ1v) is 10.4. The number of carboxylic acid groups (broad SMARTS) is 1. The number of benzene rings is 1. The summed E-state index contributed by atoms with van der Waals surface area (Å²) in [4.78, 5) is 23.9. The minimum Gasteiger partial charge on any atom is -0.490 e. The molecule has 2 aliphatic rings. The molecule has 2 aromatic rings. The molecule has 1 fully saturated rings. The van der Waals surface area contributed by atoms with Gasteiger partial charge in [0.2, 0.25) is 0 Å². The second-order valence-electron chi connectivity index (χ2n) is 8.70. The van der Waals surface area contributed by atoms with Crippen molar-refractivity contribution in [3.05, 3.63) is 51.3 Å². The van der Waals surface area contributed by atoms with E-state index in [1.54, 1.807) is 0 Å². The molecule has 160 valence electrons. The molecule has 2 heterocycles. The normalized spacial score (nSPS) is 22.2. The summed E-state index contributed by atoms with van der Waals surface area (Å²) in [5.41, 5.74) is 2.36. The number of fused-ring (bicyclic) bond motifs is 3. The van der Waals surface area contributed by atoms with E-state index in [-0.39, 0.29) is 42.8 Å². The molecule has 1 saturated carbocycles. The first-order chi connectivity index (χ1) is 14.3. The smallest absolute Gasteiger partial charge is 0.341 e. The summed E-state index contributed by atoms with van der Waals surface area (Å²) in [6.45, 7) is 4.10. The monoisotopic (exact) mass is 413 g/mol. The molecular formula is C23H27NO6. The number of carbonyl (C=O) groups is 1. The van der Waals surface area contributed by atoms with Crippen LogP contribution in [0.4, 0.5) is 0 Å². The Morgan fingerprint density at radius 3 is 2.57 bits per heavy atom. The van der Waals surface area contributed by atoms with Crippen molar-refractivity contribution in [3.8, 4) is 17.0 Å². The van der Waals surface area contributed by atoms with Crippen LogP contribution in [-0.4, -0.2) is 38.6 Å². The largest absolute Gasteiger partial charge is 0.490 e. The zero-order valence-electron chi connectivity index (χ0n) is 17.2. The summed E-state index contributed by atoms with van der Waals surface area (Å²) in [7, 11) is 0. The fourth-order valence-corrected chi connectivity index (χ4v) is 4.49. The molecule has 0 amide bonds. The van der Waals surface area contributed by atoms with E-state index in [4.69, 9.17) is 4.74 Å². The van der Waals surface area contributed by atoms with E-state index in [0.29, 0.717) is 23.4 Å². The lowest BCUT2D eigenvalue weighted by molar-refractivity contribution is 0.0311. The minimum absolute atomic E-state index is 0.00139. The molecule has 0 spiro atoms. The van der Waals surface area contributed by atoms with Crippen LogP contribution < -0.4 is 10.2 Å². The molecule has 1 aliphatic carbocycles. The van der Waals surface area contributed by atoms with Gasteiger partial charge < -0.3 is 24.6 Å². The number of carboxylic acids is 1. The van der Waals surface area contributed by atoms with Crippen molar-refractivity contribution < 1.29 is 24.9 Å². The summed E-state index contributed by atoms with van der Waals surface area (Å²) in [5.74, 6) is -0.0965. The van der Waals surface area contributed by atoms with Gasteiger partial charge in [0.15, 0.2) is 5.43 Å². The Hall–Kier alpha value is -2.64. The van der Waals surface area contributed by atoms with E-state index in [1.165, 1.54) is 12.3 Å². The number of hydrogen-bond acceptors (Lipinski definition) is 5. The number of ether oxygens (including phenoxy) is 1. The van der Waals surface area contributed by atoms with Crippen LogP contribution in [0.2, 0.25) is 0 Å². The quantitative estimate of drug-likeness (QED) is 0.672. The predicted molar refractivity (Wildman–Crippen MR) is 111 cm³/mol. The first kappa shape index (κ1) is 20.6. The summed E-state index contributed by atoms with van der Waals surface area (Å²) < 4.78 is 8.00. The van der Waals surface area contributed by atoms with Crippen molar-refractivity contribution >= 4 is 5.97 Å².